The van der Waals surface area contributed by atoms with Gasteiger partial charge in [-0.05, 0) is 17.7 Å². The van der Waals surface area contributed by atoms with Gasteiger partial charge < -0.3 is 5.11 Å². The molecule has 3 atom stereocenters. The predicted octanol–water partition coefficient (Wildman–Crippen LogP) is 1.35. The number of hydrogen-bond donors (Lipinski definition) is 1. The monoisotopic (exact) mass is 285 g/mol. The summed E-state index contributed by atoms with van der Waals surface area (Å²) in [6.45, 7) is -0.474. The zero-order chi connectivity index (χ0) is 13.6. The van der Waals surface area contributed by atoms with E-state index in [-0.39, 0.29) is 0 Å². The zero-order valence-corrected chi connectivity index (χ0v) is 11.2. The highest BCUT2D eigenvalue weighted by Crippen LogP contribution is 2.62. The van der Waals surface area contributed by atoms with E-state index >= 15 is 0 Å². The minimum atomic E-state index is -3.40. The smallest absolute Gasteiger partial charge is 0.152 e. The highest BCUT2D eigenvalue weighted by atomic mass is 35.5. The Kier molecular flexibility index (Phi) is 3.14. The standard InChI is InChI=1S/C12H12ClNO3S/c1-18(16,17)11-10(12(11,6-14)7-15)8-3-2-4-9(13)5-8/h2-5,10-11,15H,7H2,1H3/t10-,11+,12-/m0/s1. The summed E-state index contributed by atoms with van der Waals surface area (Å²) in [6, 6.07) is 8.70. The molecule has 1 aliphatic carbocycles. The largest absolute Gasteiger partial charge is 0.395 e. The van der Waals surface area contributed by atoms with Crippen LogP contribution in [0.2, 0.25) is 5.02 Å². The van der Waals surface area contributed by atoms with Crippen LogP contribution in [0.1, 0.15) is 11.5 Å². The first-order valence-electron chi connectivity index (χ1n) is 5.33. The van der Waals surface area contributed by atoms with Crippen molar-refractivity contribution in [2.24, 2.45) is 5.41 Å². The van der Waals surface area contributed by atoms with Crippen LogP contribution in [0.3, 0.4) is 0 Å². The predicted molar refractivity (Wildman–Crippen MR) is 68.0 cm³/mol. The van der Waals surface area contributed by atoms with Gasteiger partial charge in [0.2, 0.25) is 0 Å². The maximum absolute atomic E-state index is 11.7. The van der Waals surface area contributed by atoms with Crippen molar-refractivity contribution in [3.8, 4) is 6.07 Å². The van der Waals surface area contributed by atoms with Gasteiger partial charge in [0.1, 0.15) is 5.41 Å². The van der Waals surface area contributed by atoms with E-state index in [1.165, 1.54) is 0 Å². The summed E-state index contributed by atoms with van der Waals surface area (Å²) in [5.41, 5.74) is -0.563. The molecule has 96 valence electrons. The third-order valence-corrected chi connectivity index (χ3v) is 5.25. The summed E-state index contributed by atoms with van der Waals surface area (Å²) in [5, 5.41) is 18.2. The molecule has 1 fully saturated rings. The van der Waals surface area contributed by atoms with Crippen molar-refractivity contribution in [2.45, 2.75) is 11.2 Å². The van der Waals surface area contributed by atoms with Crippen LogP contribution < -0.4 is 0 Å². The third-order valence-electron chi connectivity index (χ3n) is 3.40. The number of benzene rings is 1. The molecule has 0 aliphatic heterocycles. The lowest BCUT2D eigenvalue weighted by Gasteiger charge is -2.03. The fraction of sp³-hybridized carbons (Fsp3) is 0.417. The van der Waals surface area contributed by atoms with Crippen molar-refractivity contribution in [3.05, 3.63) is 34.9 Å². The first kappa shape index (κ1) is 13.3. The highest BCUT2D eigenvalue weighted by Gasteiger charge is 2.70. The Balaban J connectivity index is 2.49. The molecule has 1 aromatic rings. The van der Waals surface area contributed by atoms with Crippen molar-refractivity contribution >= 4 is 21.4 Å². The summed E-state index contributed by atoms with van der Waals surface area (Å²) >= 11 is 5.86. The van der Waals surface area contributed by atoms with Crippen LogP contribution in [0.15, 0.2) is 24.3 Å². The van der Waals surface area contributed by atoms with Gasteiger partial charge in [0.25, 0.3) is 0 Å². The van der Waals surface area contributed by atoms with E-state index in [2.05, 4.69) is 0 Å². The maximum atomic E-state index is 11.7. The van der Waals surface area contributed by atoms with Crippen LogP contribution in [0.25, 0.3) is 0 Å². The molecule has 0 radical (unpaired) electrons. The van der Waals surface area contributed by atoms with Gasteiger partial charge >= 0.3 is 0 Å². The minimum absolute atomic E-state index is 0.474. The highest BCUT2D eigenvalue weighted by molar-refractivity contribution is 7.91. The average molecular weight is 286 g/mol. The Bertz CT molecular complexity index is 622. The number of aliphatic hydroxyl groups excluding tert-OH is 1. The van der Waals surface area contributed by atoms with Gasteiger partial charge in [-0.15, -0.1) is 0 Å². The van der Waals surface area contributed by atoms with Crippen LogP contribution in [0.4, 0.5) is 0 Å². The average Bonchev–Trinajstić information content (AvgIpc) is 2.98. The van der Waals surface area contributed by atoms with E-state index in [1.54, 1.807) is 24.3 Å². The van der Waals surface area contributed by atoms with E-state index < -0.39 is 33.0 Å². The second-order valence-electron chi connectivity index (χ2n) is 4.59. The number of halogens is 1. The fourth-order valence-corrected chi connectivity index (χ4v) is 4.62. The number of nitriles is 1. The Labute approximate surface area is 111 Å². The summed E-state index contributed by atoms with van der Waals surface area (Å²) in [6.07, 6.45) is 1.09. The Morgan fingerprint density at radius 3 is 2.61 bits per heavy atom. The second kappa shape index (κ2) is 4.23. The first-order chi connectivity index (χ1) is 8.36. The molecule has 2 rings (SSSR count). The van der Waals surface area contributed by atoms with Crippen LogP contribution in [0, 0.1) is 16.7 Å². The van der Waals surface area contributed by atoms with Gasteiger partial charge in [-0.25, -0.2) is 8.42 Å². The van der Waals surface area contributed by atoms with Crippen LogP contribution >= 0.6 is 11.6 Å². The number of hydrogen-bond acceptors (Lipinski definition) is 4. The molecule has 1 N–H and O–H groups in total. The van der Waals surface area contributed by atoms with Crippen molar-refractivity contribution in [1.29, 1.82) is 5.26 Å². The van der Waals surface area contributed by atoms with E-state index in [1.807, 2.05) is 6.07 Å². The minimum Gasteiger partial charge on any atom is -0.395 e. The van der Waals surface area contributed by atoms with Gasteiger partial charge in [-0.3, -0.25) is 0 Å². The fourth-order valence-electron chi connectivity index (χ4n) is 2.56. The van der Waals surface area contributed by atoms with Crippen molar-refractivity contribution in [2.75, 3.05) is 12.9 Å². The molecule has 0 aromatic heterocycles. The normalized spacial score (nSPS) is 30.8. The lowest BCUT2D eigenvalue weighted by Crippen LogP contribution is -2.16. The van der Waals surface area contributed by atoms with Crippen LogP contribution in [0.5, 0.6) is 0 Å². The molecular formula is C12H12ClNO3S. The van der Waals surface area contributed by atoms with Crippen LogP contribution in [-0.2, 0) is 9.84 Å². The number of rotatable bonds is 3. The summed E-state index contributed by atoms with van der Waals surface area (Å²) in [4.78, 5) is 0. The molecule has 18 heavy (non-hydrogen) atoms. The Morgan fingerprint density at radius 2 is 2.22 bits per heavy atom. The number of aliphatic hydroxyl groups is 1. The second-order valence-corrected chi connectivity index (χ2v) is 7.20. The van der Waals surface area contributed by atoms with Gasteiger partial charge in [0.15, 0.2) is 9.84 Å². The molecule has 0 unspecified atom stereocenters. The van der Waals surface area contributed by atoms with Gasteiger partial charge in [-0.2, -0.15) is 5.26 Å². The molecule has 0 heterocycles. The van der Waals surface area contributed by atoms with E-state index in [4.69, 9.17) is 11.6 Å². The Morgan fingerprint density at radius 1 is 1.56 bits per heavy atom. The van der Waals surface area contributed by atoms with Crippen molar-refractivity contribution < 1.29 is 13.5 Å². The van der Waals surface area contributed by atoms with Crippen LogP contribution in [-0.4, -0.2) is 31.6 Å². The molecular weight excluding hydrogens is 274 g/mol. The van der Waals surface area contributed by atoms with Gasteiger partial charge in [-0.1, -0.05) is 23.7 Å². The molecule has 4 nitrogen and oxygen atoms in total. The Hall–Kier alpha value is -1.09. The van der Waals surface area contributed by atoms with E-state index in [9.17, 15) is 18.8 Å². The topological polar surface area (TPSA) is 78.2 Å². The molecule has 1 aromatic carbocycles. The van der Waals surface area contributed by atoms with Gasteiger partial charge in [0, 0.05) is 17.2 Å². The summed E-state index contributed by atoms with van der Waals surface area (Å²) in [5.74, 6) is -0.513. The van der Waals surface area contributed by atoms with E-state index in [0.717, 1.165) is 6.26 Å². The van der Waals surface area contributed by atoms with E-state index in [0.29, 0.717) is 10.6 Å². The molecule has 0 spiro atoms. The number of sulfone groups is 1. The molecule has 1 aliphatic rings. The molecule has 0 saturated heterocycles. The summed E-state index contributed by atoms with van der Waals surface area (Å²) in [7, 11) is -3.40. The van der Waals surface area contributed by atoms with Crippen molar-refractivity contribution in [1.82, 2.24) is 0 Å². The molecule has 1 saturated carbocycles. The molecule has 0 bridgehead atoms. The maximum Gasteiger partial charge on any atom is 0.152 e. The van der Waals surface area contributed by atoms with Gasteiger partial charge in [0.05, 0.1) is 17.9 Å². The van der Waals surface area contributed by atoms with Crippen molar-refractivity contribution in [3.63, 3.8) is 0 Å². The number of nitrogens with zero attached hydrogens (tertiary/aromatic N) is 1. The first-order valence-corrected chi connectivity index (χ1v) is 7.66. The SMILES string of the molecule is CS(=O)(=O)[C@@H]1[C@H](c2cccc(Cl)c2)[C@]1(C#N)CO. The summed E-state index contributed by atoms with van der Waals surface area (Å²) < 4.78 is 23.4. The quantitative estimate of drug-likeness (QED) is 0.909. The zero-order valence-electron chi connectivity index (χ0n) is 9.67. The third kappa shape index (κ3) is 1.91. The lowest BCUT2D eigenvalue weighted by molar-refractivity contribution is 0.242. The molecule has 0 amide bonds. The lowest BCUT2D eigenvalue weighted by atomic mass is 10.0. The molecule has 6 heteroatoms.